The number of carbonyl (C=O) groups excluding carboxylic acids is 1. The van der Waals surface area contributed by atoms with Crippen LogP contribution in [0.4, 0.5) is 8.78 Å². The molecule has 0 unspecified atom stereocenters. The van der Waals surface area contributed by atoms with E-state index in [1.807, 2.05) is 0 Å². The van der Waals surface area contributed by atoms with Crippen molar-refractivity contribution in [1.29, 1.82) is 0 Å². The average Bonchev–Trinajstić information content (AvgIpc) is 3.06. The van der Waals surface area contributed by atoms with Gasteiger partial charge in [0.1, 0.15) is 22.7 Å². The Bertz CT molecular complexity index is 921. The largest absolute Gasteiger partial charge is 0.338 e. The van der Waals surface area contributed by atoms with Gasteiger partial charge in [0.15, 0.2) is 5.65 Å². The van der Waals surface area contributed by atoms with E-state index in [1.165, 1.54) is 11.0 Å². The lowest BCUT2D eigenvalue weighted by molar-refractivity contribution is 0.0696. The first-order valence-corrected chi connectivity index (χ1v) is 8.03. The quantitative estimate of drug-likeness (QED) is 0.776. The van der Waals surface area contributed by atoms with Crippen molar-refractivity contribution in [3.63, 3.8) is 0 Å². The molecule has 3 aromatic rings. The molecule has 3 heterocycles. The summed E-state index contributed by atoms with van der Waals surface area (Å²) in [6.45, 7) is 0.807. The number of aromatic amines is 1. The zero-order chi connectivity index (χ0) is 17.4. The van der Waals surface area contributed by atoms with Crippen LogP contribution in [0.15, 0.2) is 30.6 Å². The Morgan fingerprint density at radius 3 is 2.76 bits per heavy atom. The van der Waals surface area contributed by atoms with Crippen LogP contribution in [0.3, 0.4) is 0 Å². The number of nitrogens with one attached hydrogen (secondary N) is 1. The van der Waals surface area contributed by atoms with Gasteiger partial charge in [-0.2, -0.15) is 5.10 Å². The molecule has 25 heavy (non-hydrogen) atoms. The number of H-pyrrole nitrogens is 1. The predicted octanol–water partition coefficient (Wildman–Crippen LogP) is 2.65. The van der Waals surface area contributed by atoms with E-state index in [4.69, 9.17) is 0 Å². The first-order valence-electron chi connectivity index (χ1n) is 8.03. The summed E-state index contributed by atoms with van der Waals surface area (Å²) in [5, 5.41) is 7.07. The molecule has 4 rings (SSSR count). The van der Waals surface area contributed by atoms with E-state index in [2.05, 4.69) is 20.2 Å². The Hall–Kier alpha value is -2.90. The molecule has 1 aliphatic heterocycles. The molecule has 128 valence electrons. The Kier molecular flexibility index (Phi) is 3.87. The average molecular weight is 343 g/mol. The zero-order valence-corrected chi connectivity index (χ0v) is 13.2. The number of fused-ring (bicyclic) bond motifs is 1. The molecule has 1 saturated heterocycles. The predicted molar refractivity (Wildman–Crippen MR) is 85.9 cm³/mol. The molecule has 0 bridgehead atoms. The van der Waals surface area contributed by atoms with E-state index in [0.29, 0.717) is 24.3 Å². The van der Waals surface area contributed by atoms with Crippen molar-refractivity contribution in [2.24, 2.45) is 0 Å². The third kappa shape index (κ3) is 2.73. The summed E-state index contributed by atoms with van der Waals surface area (Å²) in [4.78, 5) is 22.5. The summed E-state index contributed by atoms with van der Waals surface area (Å²) in [6.07, 6.45) is 4.71. The summed E-state index contributed by atoms with van der Waals surface area (Å²) in [7, 11) is 0. The number of nitrogens with zero attached hydrogens (tertiary/aromatic N) is 4. The fourth-order valence-electron chi connectivity index (χ4n) is 3.31. The van der Waals surface area contributed by atoms with Gasteiger partial charge < -0.3 is 4.90 Å². The molecular weight excluding hydrogens is 328 g/mol. The van der Waals surface area contributed by atoms with E-state index >= 15 is 0 Å². The topological polar surface area (TPSA) is 74.8 Å². The maximum atomic E-state index is 13.9. The van der Waals surface area contributed by atoms with Gasteiger partial charge in [0.25, 0.3) is 5.91 Å². The Labute approximate surface area is 141 Å². The second-order valence-corrected chi connectivity index (χ2v) is 6.05. The van der Waals surface area contributed by atoms with Gasteiger partial charge in [-0.15, -0.1) is 0 Å². The maximum Gasteiger partial charge on any atom is 0.259 e. The van der Waals surface area contributed by atoms with Crippen LogP contribution in [0.1, 0.15) is 34.8 Å². The van der Waals surface area contributed by atoms with Crippen LogP contribution in [-0.4, -0.2) is 44.1 Å². The summed E-state index contributed by atoms with van der Waals surface area (Å²) >= 11 is 0. The lowest BCUT2D eigenvalue weighted by atomic mass is 9.93. The molecule has 1 atom stereocenters. The molecule has 1 aliphatic rings. The van der Waals surface area contributed by atoms with Crippen LogP contribution in [0.25, 0.3) is 11.2 Å². The van der Waals surface area contributed by atoms with Crippen molar-refractivity contribution < 1.29 is 13.6 Å². The molecule has 1 fully saturated rings. The molecule has 1 amide bonds. The summed E-state index contributed by atoms with van der Waals surface area (Å²) < 4.78 is 27.8. The molecule has 0 spiro atoms. The van der Waals surface area contributed by atoms with Crippen LogP contribution >= 0.6 is 0 Å². The molecule has 8 heteroatoms. The van der Waals surface area contributed by atoms with Gasteiger partial charge in [0, 0.05) is 31.4 Å². The van der Waals surface area contributed by atoms with Gasteiger partial charge in [0.2, 0.25) is 0 Å². The summed E-state index contributed by atoms with van der Waals surface area (Å²) in [6, 6.07) is 3.43. The molecule has 2 aromatic heterocycles. The first-order chi connectivity index (χ1) is 12.1. The number of aromatic nitrogens is 4. The highest BCUT2D eigenvalue weighted by Gasteiger charge is 2.30. The number of halogens is 2. The zero-order valence-electron chi connectivity index (χ0n) is 13.2. The first kappa shape index (κ1) is 15.6. The van der Waals surface area contributed by atoms with Gasteiger partial charge in [0.05, 0.1) is 5.69 Å². The molecule has 1 aromatic carbocycles. The second-order valence-electron chi connectivity index (χ2n) is 6.05. The lowest BCUT2D eigenvalue weighted by Crippen LogP contribution is -2.40. The van der Waals surface area contributed by atoms with Gasteiger partial charge >= 0.3 is 0 Å². The number of hydrogen-bond donors (Lipinski definition) is 1. The van der Waals surface area contributed by atoms with E-state index in [9.17, 15) is 13.6 Å². The molecular formula is C17H15F2N5O. The van der Waals surface area contributed by atoms with Crippen molar-refractivity contribution in [3.05, 3.63) is 53.5 Å². The monoisotopic (exact) mass is 343 g/mol. The number of hydrogen-bond acceptors (Lipinski definition) is 4. The Morgan fingerprint density at radius 2 is 1.96 bits per heavy atom. The van der Waals surface area contributed by atoms with Gasteiger partial charge in [-0.05, 0) is 25.0 Å². The number of rotatable bonds is 2. The number of piperidine rings is 1. The minimum atomic E-state index is -0.843. The van der Waals surface area contributed by atoms with Gasteiger partial charge in [-0.3, -0.25) is 9.89 Å². The normalized spacial score (nSPS) is 17.8. The lowest BCUT2D eigenvalue weighted by Gasteiger charge is -2.32. The van der Waals surface area contributed by atoms with Crippen LogP contribution in [0.2, 0.25) is 0 Å². The van der Waals surface area contributed by atoms with E-state index in [1.54, 1.807) is 12.4 Å². The van der Waals surface area contributed by atoms with Crippen LogP contribution in [0, 0.1) is 11.6 Å². The van der Waals surface area contributed by atoms with Gasteiger partial charge in [-0.25, -0.2) is 18.7 Å². The minimum Gasteiger partial charge on any atom is -0.338 e. The highest BCUT2D eigenvalue weighted by atomic mass is 19.1. The Morgan fingerprint density at radius 1 is 1.20 bits per heavy atom. The van der Waals surface area contributed by atoms with Gasteiger partial charge in [-0.1, -0.05) is 6.07 Å². The highest BCUT2D eigenvalue weighted by molar-refractivity contribution is 5.95. The number of carbonyl (C=O) groups is 1. The third-order valence-electron chi connectivity index (χ3n) is 4.51. The number of amides is 1. The molecule has 1 N–H and O–H groups in total. The fraction of sp³-hybridized carbons (Fsp3) is 0.294. The van der Waals surface area contributed by atoms with E-state index in [-0.39, 0.29) is 5.92 Å². The van der Waals surface area contributed by atoms with Crippen molar-refractivity contribution in [2.45, 2.75) is 18.8 Å². The molecule has 0 radical (unpaired) electrons. The number of benzene rings is 1. The van der Waals surface area contributed by atoms with Crippen molar-refractivity contribution in [2.75, 3.05) is 13.1 Å². The van der Waals surface area contributed by atoms with Crippen LogP contribution in [-0.2, 0) is 0 Å². The van der Waals surface area contributed by atoms with Crippen LogP contribution < -0.4 is 0 Å². The van der Waals surface area contributed by atoms with Crippen LogP contribution in [0.5, 0.6) is 0 Å². The Balaban J connectivity index is 1.62. The minimum absolute atomic E-state index is 0.0331. The van der Waals surface area contributed by atoms with E-state index < -0.39 is 23.1 Å². The molecule has 0 aliphatic carbocycles. The smallest absolute Gasteiger partial charge is 0.259 e. The molecule has 0 saturated carbocycles. The standard InChI is InChI=1S/C17H15F2N5O/c18-11-4-1-5-12(19)13(11)17(25)24-8-2-3-10(9-24)14-15-16(23-22-14)21-7-6-20-15/h1,4-7,10H,2-3,8-9H2,(H,21,22,23)/t10-/m1/s1. The van der Waals surface area contributed by atoms with Crippen molar-refractivity contribution >= 4 is 17.1 Å². The SMILES string of the molecule is O=C(c1c(F)cccc1F)N1CCC[C@@H](c2[nH]nc3nccnc23)C1. The molecule has 6 nitrogen and oxygen atoms in total. The fourth-order valence-corrected chi connectivity index (χ4v) is 3.31. The summed E-state index contributed by atoms with van der Waals surface area (Å²) in [5.41, 5.74) is 1.48. The maximum absolute atomic E-state index is 13.9. The van der Waals surface area contributed by atoms with E-state index in [0.717, 1.165) is 30.7 Å². The number of likely N-dealkylation sites (tertiary alicyclic amines) is 1. The summed E-state index contributed by atoms with van der Waals surface area (Å²) in [5.74, 6) is -2.35. The highest BCUT2D eigenvalue weighted by Crippen LogP contribution is 2.30. The van der Waals surface area contributed by atoms with Crippen molar-refractivity contribution in [1.82, 2.24) is 25.1 Å². The third-order valence-corrected chi connectivity index (χ3v) is 4.51. The van der Waals surface area contributed by atoms with Crippen molar-refractivity contribution in [3.8, 4) is 0 Å². The second kappa shape index (κ2) is 6.19.